The third-order valence-corrected chi connectivity index (χ3v) is 4.16. The van der Waals surface area contributed by atoms with E-state index in [0.717, 1.165) is 23.7 Å². The fraction of sp³-hybridized carbons (Fsp3) is 0.562. The maximum absolute atomic E-state index is 11.1. The summed E-state index contributed by atoms with van der Waals surface area (Å²) in [7, 11) is 1.64. The SMILES string of the molecule is COc1ccc(C2CNC(=O)CO2)cc1OCC1CCC1. The van der Waals surface area contributed by atoms with Crippen molar-refractivity contribution in [2.45, 2.75) is 25.4 Å². The number of amides is 1. The van der Waals surface area contributed by atoms with Crippen LogP contribution in [0.4, 0.5) is 0 Å². The Labute approximate surface area is 124 Å². The zero-order valence-electron chi connectivity index (χ0n) is 12.3. The van der Waals surface area contributed by atoms with E-state index in [1.165, 1.54) is 19.3 Å². The van der Waals surface area contributed by atoms with Gasteiger partial charge in [0.1, 0.15) is 12.7 Å². The van der Waals surface area contributed by atoms with E-state index in [-0.39, 0.29) is 18.6 Å². The van der Waals surface area contributed by atoms with Crippen molar-refractivity contribution in [2.75, 3.05) is 26.9 Å². The smallest absolute Gasteiger partial charge is 0.246 e. The number of hydrogen-bond donors (Lipinski definition) is 1. The third-order valence-electron chi connectivity index (χ3n) is 4.16. The van der Waals surface area contributed by atoms with Crippen molar-refractivity contribution in [2.24, 2.45) is 5.92 Å². The van der Waals surface area contributed by atoms with Gasteiger partial charge in [0.15, 0.2) is 11.5 Å². The lowest BCUT2D eigenvalue weighted by atomic mass is 9.86. The van der Waals surface area contributed by atoms with Crippen molar-refractivity contribution >= 4 is 5.91 Å². The molecule has 1 aromatic carbocycles. The van der Waals surface area contributed by atoms with Crippen LogP contribution in [0.2, 0.25) is 0 Å². The van der Waals surface area contributed by atoms with E-state index in [9.17, 15) is 4.79 Å². The van der Waals surface area contributed by atoms with Gasteiger partial charge in [-0.15, -0.1) is 0 Å². The highest BCUT2D eigenvalue weighted by molar-refractivity contribution is 5.77. The van der Waals surface area contributed by atoms with Crippen molar-refractivity contribution in [3.05, 3.63) is 23.8 Å². The first kappa shape index (κ1) is 14.2. The summed E-state index contributed by atoms with van der Waals surface area (Å²) in [5, 5.41) is 2.81. The Morgan fingerprint density at radius 1 is 1.33 bits per heavy atom. The van der Waals surface area contributed by atoms with Gasteiger partial charge in [-0.3, -0.25) is 4.79 Å². The van der Waals surface area contributed by atoms with Gasteiger partial charge in [0.25, 0.3) is 0 Å². The van der Waals surface area contributed by atoms with E-state index in [4.69, 9.17) is 14.2 Å². The minimum absolute atomic E-state index is 0.0683. The summed E-state index contributed by atoms with van der Waals surface area (Å²) < 4.78 is 16.8. The summed E-state index contributed by atoms with van der Waals surface area (Å²) in [6, 6.07) is 5.81. The molecule has 1 unspecified atom stereocenters. The quantitative estimate of drug-likeness (QED) is 0.902. The minimum Gasteiger partial charge on any atom is -0.493 e. The van der Waals surface area contributed by atoms with Crippen LogP contribution in [0.3, 0.4) is 0 Å². The highest BCUT2D eigenvalue weighted by atomic mass is 16.5. The lowest BCUT2D eigenvalue weighted by molar-refractivity contribution is -0.133. The number of carbonyl (C=O) groups excluding carboxylic acids is 1. The summed E-state index contributed by atoms with van der Waals surface area (Å²) in [4.78, 5) is 11.1. The Morgan fingerprint density at radius 3 is 2.81 bits per heavy atom. The van der Waals surface area contributed by atoms with Crippen molar-refractivity contribution in [3.63, 3.8) is 0 Å². The molecular formula is C16H21NO4. The number of ether oxygens (including phenoxy) is 3. The molecule has 5 heteroatoms. The molecule has 1 aromatic rings. The van der Waals surface area contributed by atoms with Crippen LogP contribution in [0.25, 0.3) is 0 Å². The highest BCUT2D eigenvalue weighted by Crippen LogP contribution is 2.34. The molecule has 5 nitrogen and oxygen atoms in total. The van der Waals surface area contributed by atoms with E-state index in [1.807, 2.05) is 18.2 Å². The molecule has 1 atom stereocenters. The highest BCUT2D eigenvalue weighted by Gasteiger charge is 2.22. The summed E-state index contributed by atoms with van der Waals surface area (Å²) in [5.41, 5.74) is 0.999. The molecule has 1 N–H and O–H groups in total. The second-order valence-corrected chi connectivity index (χ2v) is 5.62. The molecule has 0 aromatic heterocycles. The lowest BCUT2D eigenvalue weighted by Gasteiger charge is -2.27. The van der Waals surface area contributed by atoms with Crippen LogP contribution >= 0.6 is 0 Å². The second-order valence-electron chi connectivity index (χ2n) is 5.62. The molecule has 1 amide bonds. The van der Waals surface area contributed by atoms with Crippen LogP contribution in [-0.4, -0.2) is 32.8 Å². The van der Waals surface area contributed by atoms with Gasteiger partial charge in [-0.05, 0) is 36.5 Å². The number of nitrogens with one attached hydrogen (secondary N) is 1. The first-order valence-electron chi connectivity index (χ1n) is 7.45. The maximum Gasteiger partial charge on any atom is 0.246 e. The van der Waals surface area contributed by atoms with E-state index < -0.39 is 0 Å². The molecule has 3 rings (SSSR count). The number of hydrogen-bond acceptors (Lipinski definition) is 4. The van der Waals surface area contributed by atoms with Crippen molar-refractivity contribution in [3.8, 4) is 11.5 Å². The minimum atomic E-state index is -0.125. The molecule has 0 radical (unpaired) electrons. The van der Waals surface area contributed by atoms with Gasteiger partial charge in [0, 0.05) is 6.54 Å². The molecule has 0 spiro atoms. The number of morpholine rings is 1. The zero-order valence-corrected chi connectivity index (χ0v) is 12.3. The number of rotatable bonds is 5. The summed E-state index contributed by atoms with van der Waals surface area (Å²) in [5.74, 6) is 2.09. The van der Waals surface area contributed by atoms with Crippen LogP contribution in [-0.2, 0) is 9.53 Å². The van der Waals surface area contributed by atoms with Gasteiger partial charge in [-0.1, -0.05) is 12.5 Å². The standard InChI is InChI=1S/C16H21NO4/c1-19-13-6-5-12(15-8-17-16(18)10-21-15)7-14(13)20-9-11-3-2-4-11/h5-7,11,15H,2-4,8-10H2,1H3,(H,17,18). The van der Waals surface area contributed by atoms with E-state index in [1.54, 1.807) is 7.11 Å². The third kappa shape index (κ3) is 3.29. The Morgan fingerprint density at radius 2 is 2.19 bits per heavy atom. The van der Waals surface area contributed by atoms with Crippen LogP contribution in [0.15, 0.2) is 18.2 Å². The van der Waals surface area contributed by atoms with Crippen molar-refractivity contribution < 1.29 is 19.0 Å². The largest absolute Gasteiger partial charge is 0.493 e. The van der Waals surface area contributed by atoms with Gasteiger partial charge in [0.05, 0.1) is 13.7 Å². The lowest BCUT2D eigenvalue weighted by Crippen LogP contribution is -2.38. The molecular weight excluding hydrogens is 270 g/mol. The van der Waals surface area contributed by atoms with Gasteiger partial charge in [-0.2, -0.15) is 0 Å². The molecule has 1 heterocycles. The Balaban J connectivity index is 1.70. The molecule has 21 heavy (non-hydrogen) atoms. The van der Waals surface area contributed by atoms with Crippen LogP contribution in [0.1, 0.15) is 30.9 Å². The number of carbonyl (C=O) groups is 1. The normalized spacial score (nSPS) is 22.3. The fourth-order valence-electron chi connectivity index (χ4n) is 2.58. The summed E-state index contributed by atoms with van der Waals surface area (Å²) in [6.07, 6.45) is 3.68. The van der Waals surface area contributed by atoms with Gasteiger partial charge in [-0.25, -0.2) is 0 Å². The molecule has 1 saturated heterocycles. The number of benzene rings is 1. The topological polar surface area (TPSA) is 56.8 Å². The van der Waals surface area contributed by atoms with Crippen LogP contribution in [0, 0.1) is 5.92 Å². The average molecular weight is 291 g/mol. The first-order chi connectivity index (χ1) is 10.3. The molecule has 2 aliphatic rings. The maximum atomic E-state index is 11.1. The predicted octanol–water partition coefficient (Wildman–Crippen LogP) is 2.06. The van der Waals surface area contributed by atoms with E-state index in [0.29, 0.717) is 12.5 Å². The van der Waals surface area contributed by atoms with Crippen LogP contribution in [0.5, 0.6) is 11.5 Å². The average Bonchev–Trinajstić information content (AvgIpc) is 2.46. The fourth-order valence-corrected chi connectivity index (χ4v) is 2.58. The van der Waals surface area contributed by atoms with Gasteiger partial charge < -0.3 is 19.5 Å². The van der Waals surface area contributed by atoms with Crippen molar-refractivity contribution in [1.82, 2.24) is 5.32 Å². The Hall–Kier alpha value is -1.75. The van der Waals surface area contributed by atoms with Crippen molar-refractivity contribution in [1.29, 1.82) is 0 Å². The molecule has 0 bridgehead atoms. The molecule has 1 saturated carbocycles. The first-order valence-corrected chi connectivity index (χ1v) is 7.45. The molecule has 1 aliphatic heterocycles. The second kappa shape index (κ2) is 6.35. The summed E-state index contributed by atoms with van der Waals surface area (Å²) in [6.45, 7) is 1.34. The molecule has 1 aliphatic carbocycles. The monoisotopic (exact) mass is 291 g/mol. The number of methoxy groups -OCH3 is 1. The van der Waals surface area contributed by atoms with Gasteiger partial charge in [0.2, 0.25) is 5.91 Å². The Kier molecular flexibility index (Phi) is 4.29. The van der Waals surface area contributed by atoms with Crippen LogP contribution < -0.4 is 14.8 Å². The molecule has 2 fully saturated rings. The molecule has 114 valence electrons. The zero-order chi connectivity index (χ0) is 14.7. The predicted molar refractivity (Wildman–Crippen MR) is 77.5 cm³/mol. The van der Waals surface area contributed by atoms with Gasteiger partial charge >= 0.3 is 0 Å². The summed E-state index contributed by atoms with van der Waals surface area (Å²) >= 11 is 0. The van der Waals surface area contributed by atoms with E-state index in [2.05, 4.69) is 5.32 Å². The Bertz CT molecular complexity index is 503. The van der Waals surface area contributed by atoms with E-state index >= 15 is 0 Å².